The van der Waals surface area contributed by atoms with E-state index in [1.54, 1.807) is 13.8 Å². The van der Waals surface area contributed by atoms with E-state index < -0.39 is 16.1 Å². The lowest BCUT2D eigenvalue weighted by atomic mass is 10.4. The standard InChI is InChI=1S/C6H10O3.C3H8O3S.H3N/c1-5(2)6(8)9-4-3-7;1-2-3-7(4,5)6;/h7H,1,3-4H2,2H3;2-3H2,1H3,(H,4,5,6);1H3. The summed E-state index contributed by atoms with van der Waals surface area (Å²) in [6.07, 6.45) is 0.471. The minimum absolute atomic E-state index is 0. The van der Waals surface area contributed by atoms with Crippen LogP contribution >= 0.6 is 0 Å². The van der Waals surface area contributed by atoms with Gasteiger partial charge in [-0.15, -0.1) is 0 Å². The van der Waals surface area contributed by atoms with Gasteiger partial charge in [0.15, 0.2) is 0 Å². The van der Waals surface area contributed by atoms with Crippen LogP contribution in [0.4, 0.5) is 0 Å². The predicted molar refractivity (Wildman–Crippen MR) is 64.6 cm³/mol. The Hall–Kier alpha value is -0.960. The summed E-state index contributed by atoms with van der Waals surface area (Å²) in [5.41, 5.74) is 0.350. The molecule has 0 unspecified atom stereocenters. The molecule has 0 aliphatic heterocycles. The van der Waals surface area contributed by atoms with Gasteiger partial charge in [-0.2, -0.15) is 8.42 Å². The molecule has 0 aliphatic rings. The van der Waals surface area contributed by atoms with E-state index in [2.05, 4.69) is 11.3 Å². The SMILES string of the molecule is C=C(C)C(=O)OCCO.CCCS(=O)(=O)O.N. The molecule has 0 saturated heterocycles. The predicted octanol–water partition coefficient (Wildman–Crippen LogP) is 0.544. The maximum atomic E-state index is 10.5. The molecule has 0 aliphatic carbocycles. The van der Waals surface area contributed by atoms with Crippen LogP contribution in [0.3, 0.4) is 0 Å². The zero-order valence-electron chi connectivity index (χ0n) is 10.2. The van der Waals surface area contributed by atoms with Crippen LogP contribution in [-0.4, -0.2) is 43.0 Å². The first-order valence-corrected chi connectivity index (χ1v) is 6.24. The summed E-state index contributed by atoms with van der Waals surface area (Å²) in [5.74, 6) is -0.587. The molecule has 17 heavy (non-hydrogen) atoms. The van der Waals surface area contributed by atoms with E-state index in [4.69, 9.17) is 9.66 Å². The molecular formula is C9H21NO6S. The second kappa shape index (κ2) is 11.5. The molecule has 5 N–H and O–H groups in total. The first-order chi connectivity index (χ1) is 7.24. The maximum Gasteiger partial charge on any atom is 0.333 e. The van der Waals surface area contributed by atoms with Crippen molar-refractivity contribution < 1.29 is 27.6 Å². The van der Waals surface area contributed by atoms with E-state index >= 15 is 0 Å². The largest absolute Gasteiger partial charge is 0.460 e. The number of esters is 1. The van der Waals surface area contributed by atoms with Gasteiger partial charge in [0.05, 0.1) is 12.4 Å². The van der Waals surface area contributed by atoms with Gasteiger partial charge in [0.25, 0.3) is 10.1 Å². The van der Waals surface area contributed by atoms with Crippen molar-refractivity contribution in [2.75, 3.05) is 19.0 Å². The molecule has 0 amide bonds. The van der Waals surface area contributed by atoms with Crippen LogP contribution in [-0.2, 0) is 19.6 Å². The van der Waals surface area contributed by atoms with Gasteiger partial charge in [0, 0.05) is 5.57 Å². The molecule has 8 heteroatoms. The van der Waals surface area contributed by atoms with Gasteiger partial charge in [-0.3, -0.25) is 4.55 Å². The Morgan fingerprint density at radius 1 is 1.41 bits per heavy atom. The Morgan fingerprint density at radius 3 is 2.06 bits per heavy atom. The number of hydrogen-bond acceptors (Lipinski definition) is 6. The van der Waals surface area contributed by atoms with Crippen LogP contribution in [0.15, 0.2) is 12.2 Å². The van der Waals surface area contributed by atoms with Gasteiger partial charge in [0.1, 0.15) is 6.61 Å². The van der Waals surface area contributed by atoms with Gasteiger partial charge < -0.3 is 16.0 Å². The van der Waals surface area contributed by atoms with Gasteiger partial charge in [-0.1, -0.05) is 13.5 Å². The van der Waals surface area contributed by atoms with Gasteiger partial charge in [-0.05, 0) is 13.3 Å². The second-order valence-electron chi connectivity index (χ2n) is 2.93. The maximum absolute atomic E-state index is 10.5. The second-order valence-corrected chi connectivity index (χ2v) is 4.50. The van der Waals surface area contributed by atoms with E-state index in [0.29, 0.717) is 12.0 Å². The summed E-state index contributed by atoms with van der Waals surface area (Å²) in [4.78, 5) is 10.5. The third-order valence-corrected chi connectivity index (χ3v) is 2.06. The van der Waals surface area contributed by atoms with Gasteiger partial charge in [-0.25, -0.2) is 4.79 Å². The molecule has 0 radical (unpaired) electrons. The molecule has 0 aromatic rings. The number of hydrogen-bond donors (Lipinski definition) is 3. The van der Waals surface area contributed by atoms with Crippen molar-refractivity contribution in [2.45, 2.75) is 20.3 Å². The lowest BCUT2D eigenvalue weighted by molar-refractivity contribution is -0.139. The Kier molecular flexibility index (Phi) is 14.5. The smallest absolute Gasteiger partial charge is 0.333 e. The topological polar surface area (TPSA) is 136 Å². The molecule has 104 valence electrons. The summed E-state index contributed by atoms with van der Waals surface area (Å²) >= 11 is 0. The average Bonchev–Trinajstić information content (AvgIpc) is 2.13. The summed E-state index contributed by atoms with van der Waals surface area (Å²) in [6.45, 7) is 6.50. The highest BCUT2D eigenvalue weighted by atomic mass is 32.2. The summed E-state index contributed by atoms with van der Waals surface area (Å²) in [7, 11) is -3.67. The zero-order valence-corrected chi connectivity index (χ0v) is 11.0. The van der Waals surface area contributed by atoms with Crippen LogP contribution < -0.4 is 6.15 Å². The van der Waals surface area contributed by atoms with Crippen LogP contribution in [0.25, 0.3) is 0 Å². The average molecular weight is 271 g/mol. The van der Waals surface area contributed by atoms with E-state index in [1.165, 1.54) is 0 Å². The van der Waals surface area contributed by atoms with E-state index in [-0.39, 0.29) is 25.1 Å². The lowest BCUT2D eigenvalue weighted by Crippen LogP contribution is -2.08. The highest BCUT2D eigenvalue weighted by molar-refractivity contribution is 7.85. The minimum atomic E-state index is -3.67. The monoisotopic (exact) mass is 271 g/mol. The number of ether oxygens (including phenoxy) is 1. The number of carbonyl (C=O) groups is 1. The molecule has 0 saturated carbocycles. The van der Waals surface area contributed by atoms with E-state index in [0.717, 1.165) is 0 Å². The van der Waals surface area contributed by atoms with Crippen LogP contribution in [0.5, 0.6) is 0 Å². The van der Waals surface area contributed by atoms with Crippen molar-refractivity contribution in [3.05, 3.63) is 12.2 Å². The molecule has 0 rings (SSSR count). The highest BCUT2D eigenvalue weighted by Gasteiger charge is 2.00. The third kappa shape index (κ3) is 21.0. The van der Waals surface area contributed by atoms with E-state index in [1.807, 2.05) is 0 Å². The van der Waals surface area contributed by atoms with Crippen molar-refractivity contribution in [1.82, 2.24) is 6.15 Å². The van der Waals surface area contributed by atoms with Crippen molar-refractivity contribution >= 4 is 16.1 Å². The molecule has 0 bridgehead atoms. The Bertz CT molecular complexity index is 311. The molecule has 0 fully saturated rings. The molecule has 0 heterocycles. The van der Waals surface area contributed by atoms with Crippen molar-refractivity contribution in [1.29, 1.82) is 0 Å². The molecule has 0 aromatic heterocycles. The number of rotatable bonds is 5. The molecule has 7 nitrogen and oxygen atoms in total. The number of aliphatic hydroxyl groups is 1. The number of carbonyl (C=O) groups excluding carboxylic acids is 1. The lowest BCUT2D eigenvalue weighted by Gasteiger charge is -1.99. The highest BCUT2D eigenvalue weighted by Crippen LogP contribution is 1.89. The van der Waals surface area contributed by atoms with Gasteiger partial charge in [0.2, 0.25) is 0 Å². The number of aliphatic hydroxyl groups excluding tert-OH is 1. The van der Waals surface area contributed by atoms with E-state index in [9.17, 15) is 13.2 Å². The third-order valence-electron chi connectivity index (χ3n) is 1.13. The summed E-state index contributed by atoms with van der Waals surface area (Å²) in [5, 5.41) is 8.19. The minimum Gasteiger partial charge on any atom is -0.460 e. The Balaban J connectivity index is -0.000000224. The Morgan fingerprint density at radius 2 is 1.88 bits per heavy atom. The van der Waals surface area contributed by atoms with Gasteiger partial charge >= 0.3 is 5.97 Å². The molecule has 0 aromatic carbocycles. The summed E-state index contributed by atoms with van der Waals surface area (Å²) in [6, 6.07) is 0. The van der Waals surface area contributed by atoms with Crippen LogP contribution in [0, 0.1) is 0 Å². The zero-order chi connectivity index (χ0) is 13.2. The normalized spacial score (nSPS) is 9.41. The molecule has 0 spiro atoms. The fraction of sp³-hybridized carbons (Fsp3) is 0.667. The fourth-order valence-electron chi connectivity index (χ4n) is 0.519. The van der Waals surface area contributed by atoms with Crippen molar-refractivity contribution in [2.24, 2.45) is 0 Å². The van der Waals surface area contributed by atoms with Crippen LogP contribution in [0.1, 0.15) is 20.3 Å². The quantitative estimate of drug-likeness (QED) is 0.377. The Labute approximate surface area is 102 Å². The fourth-order valence-corrected chi connectivity index (χ4v) is 1.04. The van der Waals surface area contributed by atoms with Crippen LogP contribution in [0.2, 0.25) is 0 Å². The molecular weight excluding hydrogens is 250 g/mol. The molecule has 0 atom stereocenters. The van der Waals surface area contributed by atoms with Crippen molar-refractivity contribution in [3.8, 4) is 0 Å². The first-order valence-electron chi connectivity index (χ1n) is 4.63. The van der Waals surface area contributed by atoms with Crippen molar-refractivity contribution in [3.63, 3.8) is 0 Å². The first kappa shape index (κ1) is 21.3. The summed E-state index contributed by atoms with van der Waals surface area (Å²) < 4.78 is 32.0.